The zero-order valence-electron chi connectivity index (χ0n) is 20.1. The van der Waals surface area contributed by atoms with Gasteiger partial charge in [0.2, 0.25) is 0 Å². The number of unbranched alkanes of at least 4 members (excludes halogenated alkanes) is 5. The number of hydrogen-bond donors (Lipinski definition) is 2. The highest BCUT2D eigenvalue weighted by molar-refractivity contribution is 5.84. The highest BCUT2D eigenvalue weighted by Crippen LogP contribution is 2.41. The molecule has 1 aliphatic carbocycles. The molecule has 174 valence electrons. The van der Waals surface area contributed by atoms with Crippen molar-refractivity contribution in [2.75, 3.05) is 19.6 Å². The van der Waals surface area contributed by atoms with Gasteiger partial charge in [-0.15, -0.1) is 0 Å². The zero-order chi connectivity index (χ0) is 21.7. The molecule has 1 fully saturated rings. The normalized spacial score (nSPS) is 16.2. The molecule has 3 heteroatoms. The van der Waals surface area contributed by atoms with Gasteiger partial charge in [0.15, 0.2) is 0 Å². The lowest BCUT2D eigenvalue weighted by atomic mass is 9.75. The number of nitrogens with zero attached hydrogens (tertiary/aromatic N) is 1. The highest BCUT2D eigenvalue weighted by Gasteiger charge is 2.27. The van der Waals surface area contributed by atoms with Gasteiger partial charge in [-0.05, 0) is 75.2 Å². The maximum Gasteiger partial charge on any atom is 0.0483 e. The molecule has 31 heavy (non-hydrogen) atoms. The first-order valence-corrected chi connectivity index (χ1v) is 13.3. The molecule has 3 nitrogen and oxygen atoms in total. The van der Waals surface area contributed by atoms with Gasteiger partial charge in [-0.3, -0.25) is 0 Å². The van der Waals surface area contributed by atoms with Gasteiger partial charge in [0.1, 0.15) is 0 Å². The average Bonchev–Trinajstić information content (AvgIpc) is 3.17. The first-order valence-electron chi connectivity index (χ1n) is 13.3. The molecule has 0 saturated heterocycles. The van der Waals surface area contributed by atoms with Gasteiger partial charge in [0.05, 0.1) is 0 Å². The molecule has 3 rings (SSSR count). The van der Waals surface area contributed by atoms with Crippen molar-refractivity contribution in [2.24, 2.45) is 11.7 Å². The van der Waals surface area contributed by atoms with Crippen molar-refractivity contribution >= 4 is 10.9 Å². The second-order valence-electron chi connectivity index (χ2n) is 9.75. The average molecular weight is 426 g/mol. The fourth-order valence-electron chi connectivity index (χ4n) is 5.61. The minimum Gasteiger partial charge on any atom is -0.347 e. The van der Waals surface area contributed by atoms with E-state index in [1.54, 1.807) is 5.56 Å². The molecule has 0 bridgehead atoms. The molecule has 1 aromatic carbocycles. The van der Waals surface area contributed by atoms with E-state index in [4.69, 9.17) is 5.73 Å². The van der Waals surface area contributed by atoms with E-state index in [1.165, 1.54) is 94.5 Å². The minimum atomic E-state index is 0.682. The summed E-state index contributed by atoms with van der Waals surface area (Å²) in [5.74, 6) is 1.53. The highest BCUT2D eigenvalue weighted by atomic mass is 15.0. The Bertz CT molecular complexity index is 729. The fraction of sp³-hybridized carbons (Fsp3) is 0.714. The number of benzene rings is 1. The van der Waals surface area contributed by atoms with Crippen LogP contribution in [0.15, 0.2) is 30.5 Å². The maximum atomic E-state index is 5.67. The van der Waals surface area contributed by atoms with Gasteiger partial charge in [-0.2, -0.15) is 0 Å². The fourth-order valence-corrected chi connectivity index (χ4v) is 5.61. The predicted octanol–water partition coefficient (Wildman–Crippen LogP) is 6.99. The summed E-state index contributed by atoms with van der Waals surface area (Å²) in [6.07, 6.45) is 20.1. The van der Waals surface area contributed by atoms with E-state index in [0.717, 1.165) is 32.0 Å². The molecule has 0 radical (unpaired) electrons. The monoisotopic (exact) mass is 425 g/mol. The smallest absolute Gasteiger partial charge is 0.0483 e. The van der Waals surface area contributed by atoms with Crippen molar-refractivity contribution in [1.29, 1.82) is 0 Å². The topological polar surface area (TPSA) is 43.0 Å². The van der Waals surface area contributed by atoms with Crippen molar-refractivity contribution in [1.82, 2.24) is 9.88 Å². The summed E-state index contributed by atoms with van der Waals surface area (Å²) in [7, 11) is 0. The third-order valence-corrected chi connectivity index (χ3v) is 7.38. The molecule has 0 amide bonds. The van der Waals surface area contributed by atoms with Crippen LogP contribution in [-0.4, -0.2) is 24.2 Å². The minimum absolute atomic E-state index is 0.682. The van der Waals surface area contributed by atoms with E-state index < -0.39 is 0 Å². The third kappa shape index (κ3) is 7.36. The van der Waals surface area contributed by atoms with Gasteiger partial charge in [-0.1, -0.05) is 76.5 Å². The predicted molar refractivity (Wildman–Crippen MR) is 136 cm³/mol. The van der Waals surface area contributed by atoms with E-state index in [0.29, 0.717) is 5.92 Å². The van der Waals surface area contributed by atoms with Gasteiger partial charge < -0.3 is 15.6 Å². The van der Waals surface area contributed by atoms with Crippen LogP contribution in [-0.2, 0) is 6.54 Å². The molecular formula is C28H47N3. The molecular weight excluding hydrogens is 378 g/mol. The Kier molecular flexibility index (Phi) is 11.0. The Labute approximate surface area is 191 Å². The van der Waals surface area contributed by atoms with Gasteiger partial charge in [-0.25, -0.2) is 0 Å². The zero-order valence-corrected chi connectivity index (χ0v) is 20.1. The van der Waals surface area contributed by atoms with Crippen molar-refractivity contribution in [3.8, 4) is 0 Å². The van der Waals surface area contributed by atoms with Crippen LogP contribution in [0.2, 0.25) is 0 Å². The Morgan fingerprint density at radius 3 is 2.55 bits per heavy atom. The molecule has 3 N–H and O–H groups in total. The van der Waals surface area contributed by atoms with Gasteiger partial charge in [0, 0.05) is 23.6 Å². The first kappa shape index (κ1) is 24.3. The van der Waals surface area contributed by atoms with Crippen molar-refractivity contribution < 1.29 is 0 Å². The summed E-state index contributed by atoms with van der Waals surface area (Å²) in [4.78, 5) is 0. The Balaban J connectivity index is 1.72. The summed E-state index contributed by atoms with van der Waals surface area (Å²) < 4.78 is 2.57. The largest absolute Gasteiger partial charge is 0.347 e. The molecule has 0 spiro atoms. The Morgan fingerprint density at radius 1 is 0.968 bits per heavy atom. The van der Waals surface area contributed by atoms with Crippen LogP contribution in [0.25, 0.3) is 10.9 Å². The molecule has 2 aromatic rings. The number of nitrogens with two attached hydrogens (primary N) is 1. The summed E-state index contributed by atoms with van der Waals surface area (Å²) in [6, 6.07) is 9.17. The summed E-state index contributed by atoms with van der Waals surface area (Å²) >= 11 is 0. The van der Waals surface area contributed by atoms with Crippen LogP contribution in [0.4, 0.5) is 0 Å². The first-order chi connectivity index (χ1) is 15.3. The lowest BCUT2D eigenvalue weighted by molar-refractivity contribution is 0.293. The lowest BCUT2D eigenvalue weighted by Gasteiger charge is -2.30. The number of rotatable bonds is 15. The van der Waals surface area contributed by atoms with Crippen molar-refractivity contribution in [2.45, 2.75) is 103 Å². The molecule has 0 aliphatic heterocycles. The SMILES string of the molecule is CCCCCCCCn1cc(C(CCNCCCN)C2CCCCC2)c2ccccc21. The van der Waals surface area contributed by atoms with Crippen LogP contribution < -0.4 is 11.1 Å². The number of nitrogens with one attached hydrogen (secondary N) is 1. The van der Waals surface area contributed by atoms with Crippen molar-refractivity contribution in [3.63, 3.8) is 0 Å². The number of hydrogen-bond acceptors (Lipinski definition) is 2. The quantitative estimate of drug-likeness (QED) is 0.302. The van der Waals surface area contributed by atoms with E-state index in [9.17, 15) is 0 Å². The van der Waals surface area contributed by atoms with E-state index >= 15 is 0 Å². The number of para-hydroxylation sites is 1. The van der Waals surface area contributed by atoms with Crippen LogP contribution in [0.5, 0.6) is 0 Å². The van der Waals surface area contributed by atoms with Crippen LogP contribution >= 0.6 is 0 Å². The van der Waals surface area contributed by atoms with Crippen LogP contribution in [0.3, 0.4) is 0 Å². The van der Waals surface area contributed by atoms with Gasteiger partial charge >= 0.3 is 0 Å². The van der Waals surface area contributed by atoms with Crippen LogP contribution in [0.1, 0.15) is 102 Å². The lowest BCUT2D eigenvalue weighted by Crippen LogP contribution is -2.24. The molecule has 1 saturated carbocycles. The summed E-state index contributed by atoms with van der Waals surface area (Å²) in [5, 5.41) is 5.16. The van der Waals surface area contributed by atoms with E-state index in [1.807, 2.05) is 0 Å². The number of fused-ring (bicyclic) bond motifs is 1. The number of aryl methyl sites for hydroxylation is 1. The van der Waals surface area contributed by atoms with Crippen LogP contribution in [0, 0.1) is 5.92 Å². The number of aromatic nitrogens is 1. The van der Waals surface area contributed by atoms with Gasteiger partial charge in [0.25, 0.3) is 0 Å². The maximum absolute atomic E-state index is 5.67. The molecule has 1 unspecified atom stereocenters. The Hall–Kier alpha value is -1.32. The third-order valence-electron chi connectivity index (χ3n) is 7.38. The molecule has 1 heterocycles. The standard InChI is InChI=1S/C28H47N3/c1-2-3-4-5-6-12-22-31-23-27(26-16-10-11-17-28(26)31)25(18-21-30-20-13-19-29)24-14-8-7-9-15-24/h10-11,16-17,23-25,30H,2-9,12-15,18-22,29H2,1H3. The Morgan fingerprint density at radius 2 is 1.74 bits per heavy atom. The summed E-state index contributed by atoms with van der Waals surface area (Å²) in [5.41, 5.74) is 8.74. The molecule has 1 aromatic heterocycles. The van der Waals surface area contributed by atoms with E-state index in [2.05, 4.69) is 47.3 Å². The van der Waals surface area contributed by atoms with E-state index in [-0.39, 0.29) is 0 Å². The second kappa shape index (κ2) is 14.0. The molecule has 1 aliphatic rings. The second-order valence-corrected chi connectivity index (χ2v) is 9.75. The summed E-state index contributed by atoms with van der Waals surface area (Å²) in [6.45, 7) is 6.40. The van der Waals surface area contributed by atoms with Crippen molar-refractivity contribution in [3.05, 3.63) is 36.0 Å². The molecule has 1 atom stereocenters.